The molecule has 0 saturated carbocycles. The van der Waals surface area contributed by atoms with E-state index in [1.165, 1.54) is 51.8 Å². The van der Waals surface area contributed by atoms with Gasteiger partial charge in [0.15, 0.2) is 0 Å². The van der Waals surface area contributed by atoms with Crippen LogP contribution in [0.25, 0.3) is 0 Å². The van der Waals surface area contributed by atoms with Crippen molar-refractivity contribution in [2.75, 3.05) is 13.1 Å². The first-order valence-corrected chi connectivity index (χ1v) is 14.4. The summed E-state index contributed by atoms with van der Waals surface area (Å²) in [4.78, 5) is 0. The van der Waals surface area contributed by atoms with Gasteiger partial charge in [0.25, 0.3) is 0 Å². The SMILES string of the molecule is Cc1cc(C(c2ccccc2)c2ccccc2)c(OC=[N+]2CCCC2)c(C(c2ccccc2)c2ccccc2)c1. The summed E-state index contributed by atoms with van der Waals surface area (Å²) in [7, 11) is 0. The van der Waals surface area contributed by atoms with Crippen LogP contribution in [0.5, 0.6) is 5.75 Å². The highest BCUT2D eigenvalue weighted by Crippen LogP contribution is 2.45. The first kappa shape index (κ1) is 25.8. The van der Waals surface area contributed by atoms with Crippen LogP contribution >= 0.6 is 0 Å². The van der Waals surface area contributed by atoms with Gasteiger partial charge in [-0.15, -0.1) is 0 Å². The van der Waals surface area contributed by atoms with Crippen molar-refractivity contribution in [1.82, 2.24) is 0 Å². The van der Waals surface area contributed by atoms with Crippen molar-refractivity contribution in [1.29, 1.82) is 0 Å². The molecule has 0 unspecified atom stereocenters. The Morgan fingerprint density at radius 1 is 0.550 bits per heavy atom. The molecule has 1 fully saturated rings. The van der Waals surface area contributed by atoms with Gasteiger partial charge >= 0.3 is 6.40 Å². The van der Waals surface area contributed by atoms with Crippen LogP contribution in [0, 0.1) is 6.92 Å². The molecule has 6 rings (SSSR count). The van der Waals surface area contributed by atoms with Crippen molar-refractivity contribution in [3.63, 3.8) is 0 Å². The van der Waals surface area contributed by atoms with Gasteiger partial charge in [-0.25, -0.2) is 4.58 Å². The molecule has 1 saturated heterocycles. The van der Waals surface area contributed by atoms with Crippen LogP contribution in [0.4, 0.5) is 0 Å². The third-order valence-electron chi connectivity index (χ3n) is 7.90. The first-order chi connectivity index (χ1) is 19.8. The lowest BCUT2D eigenvalue weighted by molar-refractivity contribution is -0.507. The van der Waals surface area contributed by atoms with Gasteiger partial charge in [-0.05, 0) is 29.2 Å². The Balaban J connectivity index is 1.62. The lowest BCUT2D eigenvalue weighted by Crippen LogP contribution is -2.16. The quantitative estimate of drug-likeness (QED) is 0.113. The summed E-state index contributed by atoms with van der Waals surface area (Å²) < 4.78 is 9.17. The van der Waals surface area contributed by atoms with E-state index in [2.05, 4.69) is 145 Å². The maximum absolute atomic E-state index is 6.86. The third kappa shape index (κ3) is 5.62. The van der Waals surface area contributed by atoms with Crippen LogP contribution in [0.3, 0.4) is 0 Å². The number of rotatable bonds is 8. The molecular formula is C38H36NO+. The molecule has 0 spiro atoms. The van der Waals surface area contributed by atoms with Crippen LogP contribution in [-0.2, 0) is 0 Å². The van der Waals surface area contributed by atoms with Crippen LogP contribution in [0.15, 0.2) is 133 Å². The molecule has 0 amide bonds. The van der Waals surface area contributed by atoms with Gasteiger partial charge in [0, 0.05) is 35.8 Å². The van der Waals surface area contributed by atoms with E-state index in [1.807, 2.05) is 6.40 Å². The third-order valence-corrected chi connectivity index (χ3v) is 7.90. The Bertz CT molecular complexity index is 1370. The molecule has 2 heteroatoms. The maximum Gasteiger partial charge on any atom is 0.329 e. The van der Waals surface area contributed by atoms with Gasteiger partial charge in [0.2, 0.25) is 0 Å². The molecule has 0 aromatic heterocycles. The molecule has 1 heterocycles. The molecule has 40 heavy (non-hydrogen) atoms. The monoisotopic (exact) mass is 522 g/mol. The highest BCUT2D eigenvalue weighted by atomic mass is 16.5. The fourth-order valence-corrected chi connectivity index (χ4v) is 6.05. The minimum Gasteiger partial charge on any atom is -0.410 e. The summed E-state index contributed by atoms with van der Waals surface area (Å²) in [5.41, 5.74) is 8.64. The number of aryl methyl sites for hydroxylation is 1. The predicted molar refractivity (Wildman–Crippen MR) is 165 cm³/mol. The Kier molecular flexibility index (Phi) is 7.86. The fraction of sp³-hybridized carbons (Fsp3) is 0.184. The molecule has 2 nitrogen and oxygen atoms in total. The molecule has 0 N–H and O–H groups in total. The van der Waals surface area contributed by atoms with Crippen molar-refractivity contribution in [2.45, 2.75) is 31.6 Å². The summed E-state index contributed by atoms with van der Waals surface area (Å²) in [5, 5.41) is 0. The van der Waals surface area contributed by atoms with Crippen LogP contribution in [0.1, 0.15) is 63.6 Å². The van der Waals surface area contributed by atoms with Crippen molar-refractivity contribution < 1.29 is 9.31 Å². The Hall–Kier alpha value is -4.43. The van der Waals surface area contributed by atoms with Gasteiger partial charge in [-0.2, -0.15) is 0 Å². The van der Waals surface area contributed by atoms with Crippen LogP contribution < -0.4 is 4.74 Å². The second-order valence-electron chi connectivity index (χ2n) is 10.7. The number of nitrogens with zero attached hydrogens (tertiary/aromatic N) is 1. The van der Waals surface area contributed by atoms with E-state index >= 15 is 0 Å². The van der Waals surface area contributed by atoms with Crippen molar-refractivity contribution in [3.8, 4) is 5.75 Å². The Morgan fingerprint density at radius 3 is 1.25 bits per heavy atom. The maximum atomic E-state index is 6.86. The minimum atomic E-state index is 0.0372. The van der Waals surface area contributed by atoms with Gasteiger partial charge in [0.05, 0.1) is 0 Å². The van der Waals surface area contributed by atoms with Crippen molar-refractivity contribution >= 4 is 6.40 Å². The largest absolute Gasteiger partial charge is 0.410 e. The fourth-order valence-electron chi connectivity index (χ4n) is 6.05. The molecular weight excluding hydrogens is 486 g/mol. The second-order valence-corrected chi connectivity index (χ2v) is 10.7. The van der Waals surface area contributed by atoms with E-state index in [1.54, 1.807) is 0 Å². The number of ether oxygens (including phenoxy) is 1. The lowest BCUT2D eigenvalue weighted by atomic mass is 9.79. The van der Waals surface area contributed by atoms with E-state index in [-0.39, 0.29) is 11.8 Å². The van der Waals surface area contributed by atoms with Gasteiger partial charge in [-0.3, -0.25) is 0 Å². The van der Waals surface area contributed by atoms with Crippen molar-refractivity contribution in [2.24, 2.45) is 0 Å². The second kappa shape index (κ2) is 12.2. The summed E-state index contributed by atoms with van der Waals surface area (Å²) >= 11 is 0. The van der Waals surface area contributed by atoms with Gasteiger partial charge < -0.3 is 4.74 Å². The first-order valence-electron chi connectivity index (χ1n) is 14.4. The molecule has 0 bridgehead atoms. The highest BCUT2D eigenvalue weighted by Gasteiger charge is 2.28. The van der Waals surface area contributed by atoms with E-state index in [9.17, 15) is 0 Å². The zero-order chi connectivity index (χ0) is 27.1. The predicted octanol–water partition coefficient (Wildman–Crippen LogP) is 8.57. The van der Waals surface area contributed by atoms with Crippen LogP contribution in [0.2, 0.25) is 0 Å². The number of hydrogen-bond donors (Lipinski definition) is 0. The van der Waals surface area contributed by atoms with Gasteiger partial charge in [0.1, 0.15) is 18.8 Å². The smallest absolute Gasteiger partial charge is 0.329 e. The molecule has 198 valence electrons. The molecule has 0 radical (unpaired) electrons. The Morgan fingerprint density at radius 2 is 0.900 bits per heavy atom. The van der Waals surface area contributed by atoms with E-state index in [0.29, 0.717) is 0 Å². The molecule has 5 aromatic carbocycles. The normalized spacial score (nSPS) is 13.1. The molecule has 0 atom stereocenters. The zero-order valence-corrected chi connectivity index (χ0v) is 23.1. The summed E-state index contributed by atoms with van der Waals surface area (Å²) in [6, 6.07) is 48.0. The Labute approximate surface area is 238 Å². The molecule has 0 aliphatic carbocycles. The summed E-state index contributed by atoms with van der Waals surface area (Å²) in [6.07, 6.45) is 4.40. The minimum absolute atomic E-state index is 0.0372. The van der Waals surface area contributed by atoms with Crippen molar-refractivity contribution in [3.05, 3.63) is 172 Å². The molecule has 5 aromatic rings. The van der Waals surface area contributed by atoms with E-state index in [4.69, 9.17) is 4.74 Å². The average molecular weight is 523 g/mol. The average Bonchev–Trinajstić information content (AvgIpc) is 3.53. The van der Waals surface area contributed by atoms with Crippen LogP contribution in [-0.4, -0.2) is 24.1 Å². The molecule has 1 aliphatic heterocycles. The number of hydrogen-bond acceptors (Lipinski definition) is 1. The summed E-state index contributed by atoms with van der Waals surface area (Å²) in [6.45, 7) is 4.29. The standard InChI is InChI=1S/C38H36NO/c1-29-26-34(36(30-16-6-2-7-17-30)31-18-8-3-9-19-31)38(40-28-39-24-14-15-25-39)35(27-29)37(32-20-10-4-11-21-32)33-22-12-5-13-23-33/h2-13,16-23,26-28,36-37H,14-15,24-25H2,1H3/q+1. The van der Waals surface area contributed by atoms with Gasteiger partial charge in [-0.1, -0.05) is 139 Å². The van der Waals surface area contributed by atoms with E-state index < -0.39 is 0 Å². The number of benzene rings is 5. The lowest BCUT2D eigenvalue weighted by Gasteiger charge is -2.27. The molecule has 1 aliphatic rings. The highest BCUT2D eigenvalue weighted by molar-refractivity contribution is 5.62. The zero-order valence-electron chi connectivity index (χ0n) is 23.1. The van der Waals surface area contributed by atoms with E-state index in [0.717, 1.165) is 18.8 Å². The summed E-state index contributed by atoms with van der Waals surface area (Å²) in [5.74, 6) is 1.03. The topological polar surface area (TPSA) is 12.2 Å².